The molecule has 0 atom stereocenters. The molecule has 0 saturated heterocycles. The predicted octanol–water partition coefficient (Wildman–Crippen LogP) is 5.99. The van der Waals surface area contributed by atoms with Crippen LogP contribution in [0.1, 0.15) is 21.5 Å². The number of hydrogen-bond acceptors (Lipinski definition) is 4. The molecule has 0 aliphatic rings. The Balaban J connectivity index is 1.83. The summed E-state index contributed by atoms with van der Waals surface area (Å²) in [6.07, 6.45) is 0. The van der Waals surface area contributed by atoms with Crippen molar-refractivity contribution >= 4 is 22.6 Å². The Morgan fingerprint density at radius 1 is 0.833 bits per heavy atom. The van der Waals surface area contributed by atoms with Crippen LogP contribution in [-0.2, 0) is 0 Å². The average molecular weight is 401 g/mol. The number of fused-ring (bicyclic) bond motifs is 1. The minimum Gasteiger partial charge on any atom is -0.497 e. The van der Waals surface area contributed by atoms with Gasteiger partial charge < -0.3 is 19.2 Å². The van der Waals surface area contributed by atoms with Crippen molar-refractivity contribution in [2.45, 2.75) is 13.8 Å². The predicted molar refractivity (Wildman–Crippen MR) is 119 cm³/mol. The number of benzene rings is 3. The van der Waals surface area contributed by atoms with Crippen molar-refractivity contribution < 1.29 is 18.7 Å². The SMILES string of the molecule is COc1ccc(-c2oc3ccc(OC)cc3c2C(=O)Nc2ccc(C)c(C)c2)cc1. The fourth-order valence-corrected chi connectivity index (χ4v) is 3.39. The van der Waals surface area contributed by atoms with Crippen molar-refractivity contribution in [2.75, 3.05) is 19.5 Å². The van der Waals surface area contributed by atoms with E-state index in [0.29, 0.717) is 28.0 Å². The lowest BCUT2D eigenvalue weighted by molar-refractivity contribution is 0.102. The molecule has 1 aromatic heterocycles. The molecule has 0 spiro atoms. The number of aryl methyl sites for hydroxylation is 2. The second-order valence-electron chi connectivity index (χ2n) is 7.15. The van der Waals surface area contributed by atoms with Gasteiger partial charge in [0, 0.05) is 16.6 Å². The molecule has 4 aromatic rings. The first kappa shape index (κ1) is 19.6. The van der Waals surface area contributed by atoms with Crippen LogP contribution in [0.5, 0.6) is 11.5 Å². The van der Waals surface area contributed by atoms with Crippen LogP contribution in [0.25, 0.3) is 22.3 Å². The van der Waals surface area contributed by atoms with E-state index in [1.165, 1.54) is 5.56 Å². The van der Waals surface area contributed by atoms with Gasteiger partial charge in [0.25, 0.3) is 5.91 Å². The van der Waals surface area contributed by atoms with Gasteiger partial charge in [0.15, 0.2) is 0 Å². The fourth-order valence-electron chi connectivity index (χ4n) is 3.39. The Morgan fingerprint density at radius 2 is 1.53 bits per heavy atom. The summed E-state index contributed by atoms with van der Waals surface area (Å²) in [6.45, 7) is 4.06. The van der Waals surface area contributed by atoms with Crippen molar-refractivity contribution in [3.8, 4) is 22.8 Å². The fraction of sp³-hybridized carbons (Fsp3) is 0.160. The molecule has 30 heavy (non-hydrogen) atoms. The lowest BCUT2D eigenvalue weighted by Crippen LogP contribution is -2.12. The van der Waals surface area contributed by atoms with E-state index in [-0.39, 0.29) is 5.91 Å². The van der Waals surface area contributed by atoms with Gasteiger partial charge in [-0.3, -0.25) is 4.79 Å². The molecule has 0 radical (unpaired) electrons. The number of methoxy groups -OCH3 is 2. The van der Waals surface area contributed by atoms with Crippen LogP contribution in [0.15, 0.2) is 65.1 Å². The highest BCUT2D eigenvalue weighted by molar-refractivity contribution is 6.16. The van der Waals surface area contributed by atoms with E-state index >= 15 is 0 Å². The lowest BCUT2D eigenvalue weighted by atomic mass is 10.0. The number of furan rings is 1. The normalized spacial score (nSPS) is 10.8. The smallest absolute Gasteiger partial charge is 0.260 e. The van der Waals surface area contributed by atoms with Crippen LogP contribution in [0.3, 0.4) is 0 Å². The molecular formula is C25H23NO4. The minimum absolute atomic E-state index is 0.240. The highest BCUT2D eigenvalue weighted by Crippen LogP contribution is 2.36. The van der Waals surface area contributed by atoms with E-state index in [9.17, 15) is 4.79 Å². The Labute approximate surface area is 175 Å². The third kappa shape index (κ3) is 3.62. The van der Waals surface area contributed by atoms with E-state index in [1.54, 1.807) is 14.2 Å². The van der Waals surface area contributed by atoms with E-state index in [2.05, 4.69) is 5.32 Å². The zero-order valence-electron chi connectivity index (χ0n) is 17.4. The molecule has 0 fully saturated rings. The quantitative estimate of drug-likeness (QED) is 0.446. The Kier molecular flexibility index (Phi) is 5.19. The summed E-state index contributed by atoms with van der Waals surface area (Å²) in [5, 5.41) is 3.71. The largest absolute Gasteiger partial charge is 0.497 e. The second kappa shape index (κ2) is 7.95. The number of carbonyl (C=O) groups is 1. The molecule has 1 amide bonds. The molecule has 0 unspecified atom stereocenters. The van der Waals surface area contributed by atoms with Gasteiger partial charge in [-0.05, 0) is 79.6 Å². The number of hydrogen-bond donors (Lipinski definition) is 1. The highest BCUT2D eigenvalue weighted by Gasteiger charge is 2.23. The molecule has 152 valence electrons. The molecule has 0 aliphatic carbocycles. The zero-order valence-corrected chi connectivity index (χ0v) is 17.4. The van der Waals surface area contributed by atoms with Crippen molar-refractivity contribution in [3.63, 3.8) is 0 Å². The minimum atomic E-state index is -0.240. The van der Waals surface area contributed by atoms with Gasteiger partial charge in [0.2, 0.25) is 0 Å². The summed E-state index contributed by atoms with van der Waals surface area (Å²) in [5.41, 5.74) is 4.89. The topological polar surface area (TPSA) is 60.7 Å². The highest BCUT2D eigenvalue weighted by atomic mass is 16.5. The maximum atomic E-state index is 13.4. The van der Waals surface area contributed by atoms with Crippen LogP contribution < -0.4 is 14.8 Å². The van der Waals surface area contributed by atoms with Crippen LogP contribution in [-0.4, -0.2) is 20.1 Å². The Morgan fingerprint density at radius 3 is 2.20 bits per heavy atom. The van der Waals surface area contributed by atoms with Crippen molar-refractivity contribution in [1.29, 1.82) is 0 Å². The van der Waals surface area contributed by atoms with Gasteiger partial charge in [-0.15, -0.1) is 0 Å². The first-order valence-electron chi connectivity index (χ1n) is 9.63. The molecule has 1 N–H and O–H groups in total. The van der Waals surface area contributed by atoms with E-state index in [0.717, 1.165) is 22.6 Å². The second-order valence-corrected chi connectivity index (χ2v) is 7.15. The van der Waals surface area contributed by atoms with Crippen LogP contribution >= 0.6 is 0 Å². The number of amides is 1. The number of carbonyl (C=O) groups excluding carboxylic acids is 1. The molecule has 0 aliphatic heterocycles. The monoisotopic (exact) mass is 401 g/mol. The molecule has 1 heterocycles. The van der Waals surface area contributed by atoms with E-state index in [4.69, 9.17) is 13.9 Å². The van der Waals surface area contributed by atoms with Crippen LogP contribution in [0.2, 0.25) is 0 Å². The maximum Gasteiger partial charge on any atom is 0.260 e. The number of ether oxygens (including phenoxy) is 2. The zero-order chi connectivity index (χ0) is 21.3. The van der Waals surface area contributed by atoms with Crippen molar-refractivity contribution in [2.24, 2.45) is 0 Å². The summed E-state index contributed by atoms with van der Waals surface area (Å²) in [5.74, 6) is 1.65. The summed E-state index contributed by atoms with van der Waals surface area (Å²) in [7, 11) is 3.21. The van der Waals surface area contributed by atoms with Gasteiger partial charge in [-0.25, -0.2) is 0 Å². The standard InChI is InChI=1S/C25H23NO4/c1-15-5-8-18(13-16(15)2)26-25(27)23-21-14-20(29-4)11-12-22(21)30-24(23)17-6-9-19(28-3)10-7-17/h5-14H,1-4H3,(H,26,27). The molecule has 3 aromatic carbocycles. The van der Waals surface area contributed by atoms with Gasteiger partial charge in [0.05, 0.1) is 19.8 Å². The van der Waals surface area contributed by atoms with Gasteiger partial charge in [0.1, 0.15) is 22.8 Å². The van der Waals surface area contributed by atoms with Crippen LogP contribution in [0, 0.1) is 13.8 Å². The lowest BCUT2D eigenvalue weighted by Gasteiger charge is -2.09. The number of rotatable bonds is 5. The average Bonchev–Trinajstić information content (AvgIpc) is 3.15. The van der Waals surface area contributed by atoms with Crippen LogP contribution in [0.4, 0.5) is 5.69 Å². The van der Waals surface area contributed by atoms with Crippen molar-refractivity contribution in [1.82, 2.24) is 0 Å². The van der Waals surface area contributed by atoms with Crippen molar-refractivity contribution in [3.05, 3.63) is 77.4 Å². The Hall–Kier alpha value is -3.73. The summed E-state index contributed by atoms with van der Waals surface area (Å²) >= 11 is 0. The summed E-state index contributed by atoms with van der Waals surface area (Å²) in [6, 6.07) is 18.7. The summed E-state index contributed by atoms with van der Waals surface area (Å²) < 4.78 is 16.7. The molecule has 4 rings (SSSR count). The van der Waals surface area contributed by atoms with E-state index < -0.39 is 0 Å². The summed E-state index contributed by atoms with van der Waals surface area (Å²) in [4.78, 5) is 13.4. The Bertz CT molecular complexity index is 1220. The number of anilines is 1. The first-order valence-corrected chi connectivity index (χ1v) is 9.63. The third-order valence-corrected chi connectivity index (χ3v) is 5.24. The van der Waals surface area contributed by atoms with Gasteiger partial charge >= 0.3 is 0 Å². The molecular weight excluding hydrogens is 378 g/mol. The maximum absolute atomic E-state index is 13.4. The van der Waals surface area contributed by atoms with E-state index in [1.807, 2.05) is 74.5 Å². The molecule has 5 nitrogen and oxygen atoms in total. The van der Waals surface area contributed by atoms with Gasteiger partial charge in [-0.1, -0.05) is 6.07 Å². The molecule has 0 saturated carbocycles. The third-order valence-electron chi connectivity index (χ3n) is 5.24. The first-order chi connectivity index (χ1) is 14.5. The molecule has 5 heteroatoms. The number of nitrogens with one attached hydrogen (secondary N) is 1. The van der Waals surface area contributed by atoms with Gasteiger partial charge in [-0.2, -0.15) is 0 Å². The molecule has 0 bridgehead atoms.